The molecule has 0 atom stereocenters. The number of carbonyl (C=O) groups is 2. The number of hydrogen-bond donors (Lipinski definition) is 2. The lowest BCUT2D eigenvalue weighted by Crippen LogP contribution is -2.21. The van der Waals surface area contributed by atoms with Crippen LogP contribution in [0.5, 0.6) is 23.0 Å². The summed E-state index contributed by atoms with van der Waals surface area (Å²) >= 11 is 0. The summed E-state index contributed by atoms with van der Waals surface area (Å²) in [4.78, 5) is 23.7. The van der Waals surface area contributed by atoms with Crippen molar-refractivity contribution in [3.8, 4) is 23.0 Å². The average Bonchev–Trinajstić information content (AvgIpc) is 2.91. The number of ether oxygens (including phenoxy) is 4. The Morgan fingerprint density at radius 3 is 2.33 bits per heavy atom. The number of carboxylic acid groups (broad SMARTS) is 1. The van der Waals surface area contributed by atoms with Gasteiger partial charge in [0.25, 0.3) is 5.91 Å². The van der Waals surface area contributed by atoms with Crippen molar-refractivity contribution >= 4 is 17.6 Å². The van der Waals surface area contributed by atoms with E-state index in [2.05, 4.69) is 5.32 Å². The number of benzene rings is 2. The zero-order valence-electron chi connectivity index (χ0n) is 14.7. The molecule has 0 bridgehead atoms. The fourth-order valence-electron chi connectivity index (χ4n) is 2.50. The van der Waals surface area contributed by atoms with Crippen molar-refractivity contribution in [2.45, 2.75) is 6.42 Å². The second-order valence-corrected chi connectivity index (χ2v) is 5.71. The van der Waals surface area contributed by atoms with E-state index in [0.717, 1.165) is 0 Å². The number of aromatic carboxylic acids is 1. The molecular weight excluding hydrogens is 354 g/mol. The highest BCUT2D eigenvalue weighted by Crippen LogP contribution is 2.35. The number of amides is 1. The van der Waals surface area contributed by atoms with Crippen LogP contribution in [0.3, 0.4) is 0 Å². The van der Waals surface area contributed by atoms with E-state index in [-0.39, 0.29) is 17.9 Å². The van der Waals surface area contributed by atoms with Crippen molar-refractivity contribution in [1.82, 2.24) is 0 Å². The zero-order valence-corrected chi connectivity index (χ0v) is 14.7. The van der Waals surface area contributed by atoms with Crippen LogP contribution in [0.15, 0.2) is 36.4 Å². The molecule has 0 radical (unpaired) electrons. The molecule has 8 nitrogen and oxygen atoms in total. The van der Waals surface area contributed by atoms with Crippen molar-refractivity contribution in [2.75, 3.05) is 32.2 Å². The summed E-state index contributed by atoms with van der Waals surface area (Å²) in [7, 11) is 1.55. The standard InChI is InChI=1S/C19H19NO7/c1-24-12-3-5-13(6-4-12)27-11-18(21)20-15-10-17-16(9-14(15)19(22)23)25-7-2-8-26-17/h3-6,9-10H,2,7-8,11H2,1H3,(H,20,21)(H,22,23). The van der Waals surface area contributed by atoms with Gasteiger partial charge in [-0.05, 0) is 24.3 Å². The molecule has 8 heteroatoms. The van der Waals surface area contributed by atoms with Crippen LogP contribution < -0.4 is 24.3 Å². The smallest absolute Gasteiger partial charge is 0.337 e. The highest BCUT2D eigenvalue weighted by Gasteiger charge is 2.20. The van der Waals surface area contributed by atoms with E-state index < -0.39 is 11.9 Å². The molecule has 0 unspecified atom stereocenters. The maximum Gasteiger partial charge on any atom is 0.337 e. The Balaban J connectivity index is 1.70. The third kappa shape index (κ3) is 4.60. The molecule has 142 valence electrons. The van der Waals surface area contributed by atoms with E-state index in [0.29, 0.717) is 42.6 Å². The van der Waals surface area contributed by atoms with Crippen LogP contribution >= 0.6 is 0 Å². The first-order valence-corrected chi connectivity index (χ1v) is 8.30. The number of fused-ring (bicyclic) bond motifs is 1. The SMILES string of the molecule is COc1ccc(OCC(=O)Nc2cc3c(cc2C(=O)O)OCCCO3)cc1. The Labute approximate surface area is 155 Å². The minimum absolute atomic E-state index is 0.0861. The Hall–Kier alpha value is -3.42. The normalized spacial score (nSPS) is 12.6. The number of nitrogens with one attached hydrogen (secondary N) is 1. The maximum absolute atomic E-state index is 12.2. The molecule has 0 saturated heterocycles. The van der Waals surface area contributed by atoms with Gasteiger partial charge in [0.05, 0.1) is 31.6 Å². The minimum Gasteiger partial charge on any atom is -0.497 e. The van der Waals surface area contributed by atoms with E-state index >= 15 is 0 Å². The van der Waals surface area contributed by atoms with Crippen LogP contribution in [-0.4, -0.2) is 43.9 Å². The van der Waals surface area contributed by atoms with Crippen LogP contribution in [0, 0.1) is 0 Å². The van der Waals surface area contributed by atoms with Crippen molar-refractivity contribution < 1.29 is 33.6 Å². The van der Waals surface area contributed by atoms with Crippen molar-refractivity contribution in [1.29, 1.82) is 0 Å². The molecule has 1 amide bonds. The summed E-state index contributed by atoms with van der Waals surface area (Å²) in [6, 6.07) is 9.56. The second kappa shape index (κ2) is 8.31. The first-order chi connectivity index (χ1) is 13.1. The third-order valence-electron chi connectivity index (χ3n) is 3.82. The second-order valence-electron chi connectivity index (χ2n) is 5.71. The zero-order chi connectivity index (χ0) is 19.2. The van der Waals surface area contributed by atoms with Gasteiger partial charge >= 0.3 is 5.97 Å². The van der Waals surface area contributed by atoms with Gasteiger partial charge in [-0.2, -0.15) is 0 Å². The lowest BCUT2D eigenvalue weighted by molar-refractivity contribution is -0.118. The molecule has 2 N–H and O–H groups in total. The summed E-state index contributed by atoms with van der Waals surface area (Å²) in [6.07, 6.45) is 0.689. The molecule has 0 saturated carbocycles. The Bertz CT molecular complexity index is 833. The summed E-state index contributed by atoms with van der Waals surface area (Å²) in [6.45, 7) is 0.612. The number of anilines is 1. The molecule has 1 heterocycles. The predicted molar refractivity (Wildman–Crippen MR) is 96.1 cm³/mol. The summed E-state index contributed by atoms with van der Waals surface area (Å²) in [5.41, 5.74) is 0.0344. The number of carboxylic acids is 1. The van der Waals surface area contributed by atoms with Crippen molar-refractivity contribution in [2.24, 2.45) is 0 Å². The lowest BCUT2D eigenvalue weighted by atomic mass is 10.1. The molecule has 0 aromatic heterocycles. The molecule has 27 heavy (non-hydrogen) atoms. The van der Waals surface area contributed by atoms with Gasteiger partial charge in [-0.1, -0.05) is 0 Å². The molecule has 2 aromatic rings. The van der Waals surface area contributed by atoms with Gasteiger partial charge in [0.2, 0.25) is 0 Å². The Morgan fingerprint density at radius 2 is 1.70 bits per heavy atom. The first-order valence-electron chi connectivity index (χ1n) is 8.30. The van der Waals surface area contributed by atoms with Gasteiger partial charge < -0.3 is 29.4 Å². The summed E-state index contributed by atoms with van der Waals surface area (Å²) < 4.78 is 21.5. The molecule has 3 rings (SSSR count). The van der Waals surface area contributed by atoms with E-state index in [4.69, 9.17) is 18.9 Å². The first kappa shape index (κ1) is 18.4. The highest BCUT2D eigenvalue weighted by atomic mass is 16.5. The molecule has 2 aromatic carbocycles. The Morgan fingerprint density at radius 1 is 1.07 bits per heavy atom. The third-order valence-corrected chi connectivity index (χ3v) is 3.82. The number of rotatable bonds is 6. The van der Waals surface area contributed by atoms with E-state index in [9.17, 15) is 14.7 Å². The number of methoxy groups -OCH3 is 1. The van der Waals surface area contributed by atoms with E-state index in [1.165, 1.54) is 12.1 Å². The van der Waals surface area contributed by atoms with E-state index in [1.54, 1.807) is 31.4 Å². The van der Waals surface area contributed by atoms with Gasteiger partial charge in [0.1, 0.15) is 11.5 Å². The fourth-order valence-corrected chi connectivity index (χ4v) is 2.50. The van der Waals surface area contributed by atoms with Crippen LogP contribution in [0.2, 0.25) is 0 Å². The lowest BCUT2D eigenvalue weighted by Gasteiger charge is -2.14. The Kier molecular flexibility index (Phi) is 5.65. The predicted octanol–water partition coefficient (Wildman–Crippen LogP) is 2.57. The molecule has 0 aliphatic carbocycles. The number of carbonyl (C=O) groups excluding carboxylic acids is 1. The van der Waals surface area contributed by atoms with Gasteiger partial charge in [-0.15, -0.1) is 0 Å². The molecular formula is C19H19NO7. The van der Waals surface area contributed by atoms with Gasteiger partial charge in [0, 0.05) is 18.6 Å². The minimum atomic E-state index is -1.18. The molecule has 0 spiro atoms. The monoisotopic (exact) mass is 373 g/mol. The van der Waals surface area contributed by atoms with Gasteiger partial charge in [0.15, 0.2) is 18.1 Å². The molecule has 0 fully saturated rings. The topological polar surface area (TPSA) is 103 Å². The quantitative estimate of drug-likeness (QED) is 0.802. The summed E-state index contributed by atoms with van der Waals surface area (Å²) in [5.74, 6) is 0.217. The van der Waals surface area contributed by atoms with Crippen LogP contribution in [0.1, 0.15) is 16.8 Å². The van der Waals surface area contributed by atoms with Crippen LogP contribution in [-0.2, 0) is 4.79 Å². The van der Waals surface area contributed by atoms with Gasteiger partial charge in [-0.3, -0.25) is 4.79 Å². The average molecular weight is 373 g/mol. The van der Waals surface area contributed by atoms with Crippen LogP contribution in [0.4, 0.5) is 5.69 Å². The van der Waals surface area contributed by atoms with Crippen molar-refractivity contribution in [3.63, 3.8) is 0 Å². The highest BCUT2D eigenvalue weighted by molar-refractivity contribution is 6.01. The number of hydrogen-bond acceptors (Lipinski definition) is 6. The van der Waals surface area contributed by atoms with Gasteiger partial charge in [-0.25, -0.2) is 4.79 Å². The van der Waals surface area contributed by atoms with Crippen molar-refractivity contribution in [3.05, 3.63) is 42.0 Å². The van der Waals surface area contributed by atoms with E-state index in [1.807, 2.05) is 0 Å². The maximum atomic E-state index is 12.2. The summed E-state index contributed by atoms with van der Waals surface area (Å²) in [5, 5.41) is 12.0. The fraction of sp³-hybridized carbons (Fsp3) is 0.263. The molecule has 1 aliphatic rings. The van der Waals surface area contributed by atoms with Crippen LogP contribution in [0.25, 0.3) is 0 Å². The largest absolute Gasteiger partial charge is 0.497 e. The molecule has 1 aliphatic heterocycles.